The minimum atomic E-state index is -0.409. The third-order valence-electron chi connectivity index (χ3n) is 2.78. The number of hydrogen-bond donors (Lipinski definition) is 1. The average Bonchev–Trinajstić information content (AvgIpc) is 2.89. The van der Waals surface area contributed by atoms with Gasteiger partial charge < -0.3 is 5.11 Å². The van der Waals surface area contributed by atoms with Crippen LogP contribution in [0.4, 0.5) is 4.39 Å². The summed E-state index contributed by atoms with van der Waals surface area (Å²) in [6.45, 7) is 0. The Labute approximate surface area is 123 Å². The first-order valence-corrected chi connectivity index (χ1v) is 6.88. The Bertz CT molecular complexity index is 802. The summed E-state index contributed by atoms with van der Waals surface area (Å²) in [7, 11) is 0. The van der Waals surface area contributed by atoms with Crippen LogP contribution in [0.1, 0.15) is 15.4 Å². The molecule has 0 radical (unpaired) electrons. The van der Waals surface area contributed by atoms with Gasteiger partial charge in [0.25, 0.3) is 0 Å². The van der Waals surface area contributed by atoms with Crippen LogP contribution in [0.25, 0.3) is 10.6 Å². The van der Waals surface area contributed by atoms with Crippen LogP contribution >= 0.6 is 11.3 Å². The Morgan fingerprint density at radius 2 is 2.05 bits per heavy atom. The van der Waals surface area contributed by atoms with Gasteiger partial charge in [-0.15, -0.1) is 11.3 Å². The summed E-state index contributed by atoms with van der Waals surface area (Å²) in [4.78, 5) is 20.2. The number of pyridine rings is 1. The highest BCUT2D eigenvalue weighted by Crippen LogP contribution is 2.33. The topological polar surface area (TPSA) is 63.1 Å². The summed E-state index contributed by atoms with van der Waals surface area (Å²) in [5.41, 5.74) is 0.734. The van der Waals surface area contributed by atoms with E-state index in [-0.39, 0.29) is 16.5 Å². The second-order valence-electron chi connectivity index (χ2n) is 4.23. The predicted octanol–water partition coefficient (Wildman–Crippen LogP) is 3.28. The lowest BCUT2D eigenvalue weighted by molar-refractivity contribution is 0.103. The largest absolute Gasteiger partial charge is 0.492 e. The van der Waals surface area contributed by atoms with Crippen LogP contribution in [-0.2, 0) is 0 Å². The SMILES string of the molecule is O=C(c1ccccn1)c1sc(-c2cccc(F)c2)nc1O. The zero-order chi connectivity index (χ0) is 14.8. The van der Waals surface area contributed by atoms with Gasteiger partial charge in [-0.3, -0.25) is 9.78 Å². The molecular formula is C15H9FN2O2S. The summed E-state index contributed by atoms with van der Waals surface area (Å²) in [5.74, 6) is -1.18. The van der Waals surface area contributed by atoms with Gasteiger partial charge >= 0.3 is 0 Å². The number of hydrogen-bond acceptors (Lipinski definition) is 5. The monoisotopic (exact) mass is 300 g/mol. The lowest BCUT2D eigenvalue weighted by atomic mass is 10.2. The average molecular weight is 300 g/mol. The number of aromatic hydroxyl groups is 1. The molecule has 0 aliphatic carbocycles. The van der Waals surface area contributed by atoms with Gasteiger partial charge in [0.2, 0.25) is 11.7 Å². The van der Waals surface area contributed by atoms with Crippen LogP contribution in [0.15, 0.2) is 48.7 Å². The highest BCUT2D eigenvalue weighted by atomic mass is 32.1. The lowest BCUT2D eigenvalue weighted by Gasteiger charge is -1.96. The van der Waals surface area contributed by atoms with E-state index in [0.717, 1.165) is 11.3 Å². The van der Waals surface area contributed by atoms with E-state index in [2.05, 4.69) is 9.97 Å². The molecule has 3 aromatic rings. The van der Waals surface area contributed by atoms with Crippen molar-refractivity contribution in [3.8, 4) is 16.5 Å². The van der Waals surface area contributed by atoms with Crippen LogP contribution in [0.2, 0.25) is 0 Å². The van der Waals surface area contributed by atoms with Crippen molar-refractivity contribution in [2.75, 3.05) is 0 Å². The highest BCUT2D eigenvalue weighted by Gasteiger charge is 2.20. The number of halogens is 1. The molecule has 0 amide bonds. The Morgan fingerprint density at radius 1 is 1.19 bits per heavy atom. The van der Waals surface area contributed by atoms with Gasteiger partial charge in [0, 0.05) is 11.8 Å². The van der Waals surface area contributed by atoms with Crippen molar-refractivity contribution in [2.24, 2.45) is 0 Å². The summed E-state index contributed by atoms with van der Waals surface area (Å²) in [6, 6.07) is 10.8. The number of benzene rings is 1. The number of carbonyl (C=O) groups excluding carboxylic acids is 1. The van der Waals surface area contributed by atoms with Gasteiger partial charge in [-0.25, -0.2) is 9.37 Å². The van der Waals surface area contributed by atoms with Crippen molar-refractivity contribution in [3.63, 3.8) is 0 Å². The van der Waals surface area contributed by atoms with Crippen LogP contribution in [0.3, 0.4) is 0 Å². The summed E-state index contributed by atoms with van der Waals surface area (Å²) in [6.07, 6.45) is 1.50. The molecule has 0 aliphatic heterocycles. The molecule has 0 fully saturated rings. The number of aromatic nitrogens is 2. The van der Waals surface area contributed by atoms with E-state index in [0.29, 0.717) is 10.6 Å². The Balaban J connectivity index is 2.01. The molecule has 0 aliphatic rings. The Morgan fingerprint density at radius 3 is 2.76 bits per heavy atom. The van der Waals surface area contributed by atoms with Crippen molar-refractivity contribution in [3.05, 3.63) is 65.0 Å². The fourth-order valence-electron chi connectivity index (χ4n) is 1.82. The van der Waals surface area contributed by atoms with Gasteiger partial charge in [0.1, 0.15) is 21.4 Å². The molecule has 0 atom stereocenters. The van der Waals surface area contributed by atoms with Crippen molar-refractivity contribution in [1.29, 1.82) is 0 Å². The maximum atomic E-state index is 13.2. The number of ketones is 1. The zero-order valence-corrected chi connectivity index (χ0v) is 11.5. The second-order valence-corrected chi connectivity index (χ2v) is 5.23. The van der Waals surface area contributed by atoms with Crippen LogP contribution < -0.4 is 0 Å². The fourth-order valence-corrected chi connectivity index (χ4v) is 2.72. The molecule has 2 heterocycles. The molecule has 0 saturated heterocycles. The smallest absolute Gasteiger partial charge is 0.234 e. The Hall–Kier alpha value is -2.60. The van der Waals surface area contributed by atoms with Crippen LogP contribution in [0.5, 0.6) is 5.88 Å². The number of nitrogens with zero attached hydrogens (tertiary/aromatic N) is 2. The molecule has 1 aromatic carbocycles. The first kappa shape index (κ1) is 13.4. The van der Waals surface area contributed by atoms with Crippen molar-refractivity contribution >= 4 is 17.1 Å². The normalized spacial score (nSPS) is 10.5. The molecule has 1 N–H and O–H groups in total. The number of rotatable bonds is 3. The molecule has 3 rings (SSSR count). The molecule has 6 heteroatoms. The molecular weight excluding hydrogens is 291 g/mol. The standard InChI is InChI=1S/C15H9FN2O2S/c16-10-5-3-4-9(8-10)15-18-14(20)13(21-15)12(19)11-6-1-2-7-17-11/h1-8,20H. The zero-order valence-electron chi connectivity index (χ0n) is 10.7. The lowest BCUT2D eigenvalue weighted by Crippen LogP contribution is -2.01. The first-order valence-electron chi connectivity index (χ1n) is 6.06. The van der Waals surface area contributed by atoms with Gasteiger partial charge in [-0.05, 0) is 24.3 Å². The van der Waals surface area contributed by atoms with Crippen molar-refractivity contribution < 1.29 is 14.3 Å². The van der Waals surface area contributed by atoms with Crippen LogP contribution in [-0.4, -0.2) is 20.9 Å². The molecule has 0 saturated carbocycles. The molecule has 104 valence electrons. The minimum absolute atomic E-state index is 0.0907. The van der Waals surface area contributed by atoms with Gasteiger partial charge in [0.05, 0.1) is 0 Å². The van der Waals surface area contributed by atoms with E-state index >= 15 is 0 Å². The highest BCUT2D eigenvalue weighted by molar-refractivity contribution is 7.17. The molecule has 2 aromatic heterocycles. The quantitative estimate of drug-likeness (QED) is 0.754. The molecule has 4 nitrogen and oxygen atoms in total. The van der Waals surface area contributed by atoms with Crippen molar-refractivity contribution in [1.82, 2.24) is 9.97 Å². The first-order chi connectivity index (χ1) is 10.1. The van der Waals surface area contributed by atoms with E-state index in [1.807, 2.05) is 0 Å². The number of carbonyl (C=O) groups is 1. The predicted molar refractivity (Wildman–Crippen MR) is 76.8 cm³/mol. The van der Waals surface area contributed by atoms with Gasteiger partial charge in [-0.2, -0.15) is 0 Å². The fraction of sp³-hybridized carbons (Fsp3) is 0. The summed E-state index contributed by atoms with van der Waals surface area (Å²) >= 11 is 1.01. The van der Waals surface area contributed by atoms with Crippen molar-refractivity contribution in [2.45, 2.75) is 0 Å². The van der Waals surface area contributed by atoms with Gasteiger partial charge in [0.15, 0.2) is 0 Å². The maximum absolute atomic E-state index is 13.2. The van der Waals surface area contributed by atoms with Gasteiger partial charge in [-0.1, -0.05) is 18.2 Å². The molecule has 0 bridgehead atoms. The van der Waals surface area contributed by atoms with Crippen LogP contribution in [0, 0.1) is 5.82 Å². The summed E-state index contributed by atoms with van der Waals surface area (Å²) in [5, 5.41) is 10.2. The number of thiazole rings is 1. The third-order valence-corrected chi connectivity index (χ3v) is 3.88. The van der Waals surface area contributed by atoms with E-state index in [9.17, 15) is 14.3 Å². The van der Waals surface area contributed by atoms with E-state index in [4.69, 9.17) is 0 Å². The minimum Gasteiger partial charge on any atom is -0.492 e. The van der Waals surface area contributed by atoms with E-state index in [1.54, 1.807) is 30.3 Å². The maximum Gasteiger partial charge on any atom is 0.234 e. The molecule has 21 heavy (non-hydrogen) atoms. The van der Waals surface area contributed by atoms with E-state index < -0.39 is 11.6 Å². The third kappa shape index (κ3) is 2.66. The summed E-state index contributed by atoms with van der Waals surface area (Å²) < 4.78 is 13.2. The molecule has 0 spiro atoms. The second kappa shape index (κ2) is 5.41. The van der Waals surface area contributed by atoms with E-state index in [1.165, 1.54) is 18.3 Å². The molecule has 0 unspecified atom stereocenters. The Kier molecular flexibility index (Phi) is 3.45.